The van der Waals surface area contributed by atoms with Crippen LogP contribution in [0.25, 0.3) is 0 Å². The first-order valence-electron chi connectivity index (χ1n) is 9.11. The van der Waals surface area contributed by atoms with Gasteiger partial charge in [-0.2, -0.15) is 0 Å². The number of benzene rings is 2. The molecule has 2 bridgehead atoms. The summed E-state index contributed by atoms with van der Waals surface area (Å²) in [5.74, 6) is -1.45. The molecule has 0 fully saturated rings. The molecule has 2 aromatic carbocycles. The Hall–Kier alpha value is -2.62. The fourth-order valence-corrected chi connectivity index (χ4v) is 4.79. The lowest BCUT2D eigenvalue weighted by Crippen LogP contribution is -2.50. The quantitative estimate of drug-likeness (QED) is 0.800. The average Bonchev–Trinajstić information content (AvgIpc) is 2.66. The molecule has 0 N–H and O–H groups in total. The van der Waals surface area contributed by atoms with Gasteiger partial charge in [0.1, 0.15) is 0 Å². The lowest BCUT2D eigenvalue weighted by Gasteiger charge is -2.49. The lowest BCUT2D eigenvalue weighted by atomic mass is 9.54. The molecule has 3 aliphatic carbocycles. The number of ether oxygens (including phenoxy) is 1. The maximum atomic E-state index is 13.1. The van der Waals surface area contributed by atoms with Crippen molar-refractivity contribution in [3.8, 4) is 0 Å². The van der Waals surface area contributed by atoms with Crippen molar-refractivity contribution in [1.82, 2.24) is 4.90 Å². The molecule has 0 heterocycles. The highest BCUT2D eigenvalue weighted by Crippen LogP contribution is 2.58. The summed E-state index contributed by atoms with van der Waals surface area (Å²) in [6.45, 7) is 2.13. The first-order chi connectivity index (χ1) is 12.6. The minimum atomic E-state index is -0.486. The van der Waals surface area contributed by atoms with E-state index in [0.29, 0.717) is 6.61 Å². The molecule has 0 saturated heterocycles. The average molecular weight is 349 g/mol. The van der Waals surface area contributed by atoms with E-state index in [9.17, 15) is 9.59 Å². The van der Waals surface area contributed by atoms with Crippen molar-refractivity contribution in [3.05, 3.63) is 70.8 Å². The number of hydrogen-bond donors (Lipinski definition) is 0. The Morgan fingerprint density at radius 1 is 0.846 bits per heavy atom. The van der Waals surface area contributed by atoms with Crippen molar-refractivity contribution in [3.63, 3.8) is 0 Å². The van der Waals surface area contributed by atoms with Gasteiger partial charge in [-0.25, -0.2) is 0 Å². The summed E-state index contributed by atoms with van der Waals surface area (Å²) in [4.78, 5) is 27.7. The summed E-state index contributed by atoms with van der Waals surface area (Å²) in [5, 5.41) is 0. The van der Waals surface area contributed by atoms with Crippen molar-refractivity contribution in [2.24, 2.45) is 11.8 Å². The van der Waals surface area contributed by atoms with Gasteiger partial charge < -0.3 is 9.64 Å². The monoisotopic (exact) mass is 349 g/mol. The molecule has 4 heteroatoms. The molecule has 3 aliphatic rings. The Balaban J connectivity index is 1.97. The van der Waals surface area contributed by atoms with Gasteiger partial charge in [0.25, 0.3) is 0 Å². The molecule has 4 nitrogen and oxygen atoms in total. The number of nitrogens with zero attached hydrogens (tertiary/aromatic N) is 1. The van der Waals surface area contributed by atoms with Crippen LogP contribution in [-0.4, -0.2) is 37.5 Å². The molecule has 134 valence electrons. The molecule has 0 spiro atoms. The summed E-state index contributed by atoms with van der Waals surface area (Å²) in [5.41, 5.74) is 4.63. The predicted molar refractivity (Wildman–Crippen MR) is 98.9 cm³/mol. The van der Waals surface area contributed by atoms with Gasteiger partial charge in [0.15, 0.2) is 0 Å². The van der Waals surface area contributed by atoms with Crippen LogP contribution in [0.4, 0.5) is 0 Å². The summed E-state index contributed by atoms with van der Waals surface area (Å²) >= 11 is 0. The molecule has 2 atom stereocenters. The Kier molecular flexibility index (Phi) is 4.06. The number of rotatable bonds is 3. The topological polar surface area (TPSA) is 46.6 Å². The highest BCUT2D eigenvalue weighted by molar-refractivity contribution is 5.90. The van der Waals surface area contributed by atoms with Crippen LogP contribution < -0.4 is 0 Å². The van der Waals surface area contributed by atoms with Gasteiger partial charge in [-0.05, 0) is 29.2 Å². The lowest BCUT2D eigenvalue weighted by molar-refractivity contribution is -0.156. The highest BCUT2D eigenvalue weighted by atomic mass is 16.5. The summed E-state index contributed by atoms with van der Waals surface area (Å²) in [6.07, 6.45) is 0. The molecule has 1 amide bonds. The number of amides is 1. The smallest absolute Gasteiger partial charge is 0.310 e. The van der Waals surface area contributed by atoms with E-state index in [1.165, 1.54) is 0 Å². The normalized spacial score (nSPS) is 25.2. The van der Waals surface area contributed by atoms with Crippen LogP contribution in [0.2, 0.25) is 0 Å². The Labute approximate surface area is 153 Å². The first kappa shape index (κ1) is 16.8. The van der Waals surface area contributed by atoms with Crippen molar-refractivity contribution < 1.29 is 14.3 Å². The van der Waals surface area contributed by atoms with E-state index in [2.05, 4.69) is 24.3 Å². The molecule has 2 aromatic rings. The highest BCUT2D eigenvalue weighted by Gasteiger charge is 2.55. The van der Waals surface area contributed by atoms with Crippen LogP contribution in [0.1, 0.15) is 41.0 Å². The van der Waals surface area contributed by atoms with E-state index < -0.39 is 11.8 Å². The van der Waals surface area contributed by atoms with Crippen LogP contribution in [0.3, 0.4) is 0 Å². The molecule has 26 heavy (non-hydrogen) atoms. The van der Waals surface area contributed by atoms with E-state index in [1.54, 1.807) is 19.0 Å². The van der Waals surface area contributed by atoms with E-state index in [1.807, 2.05) is 31.2 Å². The van der Waals surface area contributed by atoms with Gasteiger partial charge in [0.2, 0.25) is 5.91 Å². The number of carbonyl (C=O) groups excluding carboxylic acids is 2. The molecule has 2 unspecified atom stereocenters. The van der Waals surface area contributed by atoms with E-state index in [-0.39, 0.29) is 23.7 Å². The molecular weight excluding hydrogens is 326 g/mol. The zero-order valence-corrected chi connectivity index (χ0v) is 15.3. The Morgan fingerprint density at radius 3 is 1.65 bits per heavy atom. The number of carbonyl (C=O) groups is 2. The van der Waals surface area contributed by atoms with Gasteiger partial charge in [0.05, 0.1) is 18.4 Å². The van der Waals surface area contributed by atoms with Gasteiger partial charge in [-0.1, -0.05) is 48.5 Å². The minimum Gasteiger partial charge on any atom is -0.466 e. The summed E-state index contributed by atoms with van der Waals surface area (Å²) in [6, 6.07) is 16.4. The third-order valence-corrected chi connectivity index (χ3v) is 5.72. The standard InChI is InChI=1S/C22H23NO3/c1-4-26-22(25)20-18-15-11-7-5-9-13(15)17(19(20)21(24)23(2)3)14-10-6-8-12-16(14)18/h5-12,17-20H,4H2,1-3H3. The van der Waals surface area contributed by atoms with Crippen molar-refractivity contribution in [2.75, 3.05) is 20.7 Å². The van der Waals surface area contributed by atoms with E-state index in [4.69, 9.17) is 4.74 Å². The number of esters is 1. The van der Waals surface area contributed by atoms with Crippen LogP contribution in [-0.2, 0) is 14.3 Å². The number of hydrogen-bond acceptors (Lipinski definition) is 3. The van der Waals surface area contributed by atoms with E-state index >= 15 is 0 Å². The molecule has 5 rings (SSSR count). The third kappa shape index (κ3) is 2.28. The predicted octanol–water partition coefficient (Wildman–Crippen LogP) is 3.16. The molecule has 0 aliphatic heterocycles. The van der Waals surface area contributed by atoms with Crippen LogP contribution in [0.5, 0.6) is 0 Å². The molecule has 0 saturated carbocycles. The largest absolute Gasteiger partial charge is 0.466 e. The maximum absolute atomic E-state index is 13.1. The van der Waals surface area contributed by atoms with Gasteiger partial charge in [-0.15, -0.1) is 0 Å². The summed E-state index contributed by atoms with van der Waals surface area (Å²) in [7, 11) is 3.51. The molecule has 0 aromatic heterocycles. The fraction of sp³-hybridized carbons (Fsp3) is 0.364. The van der Waals surface area contributed by atoms with Gasteiger partial charge in [-0.3, -0.25) is 9.59 Å². The SMILES string of the molecule is CCOC(=O)C1C2c3ccccc3C(c3ccccc32)C1C(=O)N(C)C. The second-order valence-electron chi connectivity index (χ2n) is 7.25. The maximum Gasteiger partial charge on any atom is 0.310 e. The zero-order chi connectivity index (χ0) is 18.4. The third-order valence-electron chi connectivity index (χ3n) is 5.72. The van der Waals surface area contributed by atoms with Crippen molar-refractivity contribution in [1.29, 1.82) is 0 Å². The van der Waals surface area contributed by atoms with Crippen molar-refractivity contribution >= 4 is 11.9 Å². The second-order valence-corrected chi connectivity index (χ2v) is 7.25. The molecule has 0 radical (unpaired) electrons. The fourth-order valence-electron chi connectivity index (χ4n) is 4.79. The van der Waals surface area contributed by atoms with Crippen LogP contribution in [0, 0.1) is 11.8 Å². The number of fused-ring (bicyclic) bond motifs is 1. The van der Waals surface area contributed by atoms with Crippen LogP contribution >= 0.6 is 0 Å². The zero-order valence-electron chi connectivity index (χ0n) is 15.3. The van der Waals surface area contributed by atoms with Gasteiger partial charge in [0, 0.05) is 25.9 Å². The Morgan fingerprint density at radius 2 is 1.27 bits per heavy atom. The van der Waals surface area contributed by atoms with Crippen molar-refractivity contribution in [2.45, 2.75) is 18.8 Å². The van der Waals surface area contributed by atoms with E-state index in [0.717, 1.165) is 22.3 Å². The Bertz CT molecular complexity index is 826. The first-order valence-corrected chi connectivity index (χ1v) is 9.11. The summed E-state index contributed by atoms with van der Waals surface area (Å²) < 4.78 is 5.41. The van der Waals surface area contributed by atoms with Gasteiger partial charge >= 0.3 is 5.97 Å². The molecular formula is C22H23NO3. The second kappa shape index (κ2) is 6.27. The van der Waals surface area contributed by atoms with Crippen LogP contribution in [0.15, 0.2) is 48.5 Å². The minimum absolute atomic E-state index is 0.0120.